The Bertz CT molecular complexity index is 230. The number of hydrogen-bond acceptors (Lipinski definition) is 3. The van der Waals surface area contributed by atoms with E-state index in [0.29, 0.717) is 19.8 Å². The van der Waals surface area contributed by atoms with Crippen molar-refractivity contribution in [1.82, 2.24) is 0 Å². The molecule has 4 heteroatoms. The molecule has 0 aliphatic heterocycles. The zero-order valence-electron chi connectivity index (χ0n) is 11.3. The third kappa shape index (κ3) is 6.29. The highest BCUT2D eigenvalue weighted by molar-refractivity contribution is 6.69. The van der Waals surface area contributed by atoms with Crippen LogP contribution in [0.25, 0.3) is 0 Å². The molecule has 0 N–H and O–H groups in total. The molecule has 0 aliphatic rings. The van der Waals surface area contributed by atoms with Gasteiger partial charge in [-0.3, -0.25) is 0 Å². The van der Waals surface area contributed by atoms with Gasteiger partial charge in [-0.2, -0.15) is 0 Å². The van der Waals surface area contributed by atoms with Gasteiger partial charge in [-0.1, -0.05) is 5.92 Å². The van der Waals surface area contributed by atoms with Gasteiger partial charge in [0.25, 0.3) is 0 Å². The Morgan fingerprint density at radius 2 is 1.25 bits per heavy atom. The number of hydrogen-bond donors (Lipinski definition) is 0. The average molecular weight is 244 g/mol. The molecule has 0 heterocycles. The van der Waals surface area contributed by atoms with Crippen molar-refractivity contribution in [2.75, 3.05) is 19.8 Å². The first kappa shape index (κ1) is 15.7. The molecule has 0 aromatic heterocycles. The largest absolute Gasteiger partial charge is 0.591 e. The Hall–Kier alpha value is -0.343. The molecule has 94 valence electrons. The predicted octanol–water partition coefficient (Wildman–Crippen LogP) is 2.62. The van der Waals surface area contributed by atoms with Crippen LogP contribution in [0.1, 0.15) is 41.5 Å². The summed E-state index contributed by atoms with van der Waals surface area (Å²) in [6.45, 7) is 13.6. The standard InChI is InChI=1S/C12H24O3Si/c1-7-13-16(14-8-2,15-9-3)11-10-12(4,5)6/h7-9H2,1-6H3. The third-order valence-electron chi connectivity index (χ3n) is 1.59. The van der Waals surface area contributed by atoms with E-state index < -0.39 is 8.80 Å². The molecule has 0 bridgehead atoms. The SMILES string of the molecule is CCO[Si](C#CC(C)(C)C)(OCC)OCC. The summed E-state index contributed by atoms with van der Waals surface area (Å²) in [6.07, 6.45) is 0. The predicted molar refractivity (Wildman–Crippen MR) is 67.9 cm³/mol. The summed E-state index contributed by atoms with van der Waals surface area (Å²) in [5.41, 5.74) is 3.03. The van der Waals surface area contributed by atoms with Gasteiger partial charge in [-0.25, -0.2) is 0 Å². The lowest BCUT2D eigenvalue weighted by Crippen LogP contribution is -2.45. The molecule has 0 rings (SSSR count). The zero-order chi connectivity index (χ0) is 12.7. The highest BCUT2D eigenvalue weighted by Gasteiger charge is 2.39. The molecule has 3 nitrogen and oxygen atoms in total. The molecular formula is C12H24O3Si. The topological polar surface area (TPSA) is 27.7 Å². The van der Waals surface area contributed by atoms with Crippen molar-refractivity contribution < 1.29 is 13.3 Å². The molecule has 0 aliphatic carbocycles. The molecular weight excluding hydrogens is 220 g/mol. The van der Waals surface area contributed by atoms with E-state index in [1.54, 1.807) is 0 Å². The van der Waals surface area contributed by atoms with Gasteiger partial charge in [0.2, 0.25) is 0 Å². The monoisotopic (exact) mass is 244 g/mol. The minimum Gasteiger partial charge on any atom is -0.364 e. The Balaban J connectivity index is 4.90. The Labute approximate surface area is 101 Å². The fraction of sp³-hybridized carbons (Fsp3) is 0.833. The average Bonchev–Trinajstić information content (AvgIpc) is 2.15. The lowest BCUT2D eigenvalue weighted by atomic mass is 9.99. The lowest BCUT2D eigenvalue weighted by Gasteiger charge is -2.23. The van der Waals surface area contributed by atoms with Crippen LogP contribution in [0.5, 0.6) is 0 Å². The Morgan fingerprint density at radius 3 is 1.50 bits per heavy atom. The first-order chi connectivity index (χ1) is 7.39. The Morgan fingerprint density at radius 1 is 0.875 bits per heavy atom. The quantitative estimate of drug-likeness (QED) is 0.531. The van der Waals surface area contributed by atoms with E-state index in [-0.39, 0.29) is 5.41 Å². The van der Waals surface area contributed by atoms with E-state index in [1.807, 2.05) is 20.8 Å². The van der Waals surface area contributed by atoms with Crippen LogP contribution in [0, 0.1) is 16.9 Å². The maximum Gasteiger partial charge on any atom is 0.591 e. The van der Waals surface area contributed by atoms with Crippen LogP contribution in [0.3, 0.4) is 0 Å². The second kappa shape index (κ2) is 7.07. The van der Waals surface area contributed by atoms with Crippen molar-refractivity contribution in [1.29, 1.82) is 0 Å². The highest BCUT2D eigenvalue weighted by atomic mass is 28.4. The summed E-state index contributed by atoms with van der Waals surface area (Å²) in [6, 6.07) is 0. The van der Waals surface area contributed by atoms with Crippen LogP contribution in [0.4, 0.5) is 0 Å². The van der Waals surface area contributed by atoms with Crippen molar-refractivity contribution >= 4 is 8.80 Å². The molecule has 0 aromatic carbocycles. The van der Waals surface area contributed by atoms with Gasteiger partial charge in [-0.05, 0) is 47.1 Å². The fourth-order valence-corrected chi connectivity index (χ4v) is 3.20. The first-order valence-electron chi connectivity index (χ1n) is 5.85. The van der Waals surface area contributed by atoms with E-state index in [0.717, 1.165) is 0 Å². The van der Waals surface area contributed by atoms with Crippen LogP contribution in [0.15, 0.2) is 0 Å². The van der Waals surface area contributed by atoms with E-state index in [1.165, 1.54) is 0 Å². The molecule has 0 aromatic rings. The van der Waals surface area contributed by atoms with Gasteiger partial charge >= 0.3 is 8.80 Å². The van der Waals surface area contributed by atoms with Crippen LogP contribution >= 0.6 is 0 Å². The van der Waals surface area contributed by atoms with E-state index in [2.05, 4.69) is 32.2 Å². The highest BCUT2D eigenvalue weighted by Crippen LogP contribution is 2.14. The van der Waals surface area contributed by atoms with Crippen molar-refractivity contribution in [3.63, 3.8) is 0 Å². The second-order valence-electron chi connectivity index (χ2n) is 4.36. The minimum atomic E-state index is -2.77. The molecule has 0 spiro atoms. The van der Waals surface area contributed by atoms with Crippen molar-refractivity contribution in [2.45, 2.75) is 41.5 Å². The molecule has 0 unspecified atom stereocenters. The lowest BCUT2D eigenvalue weighted by molar-refractivity contribution is 0.0869. The van der Waals surface area contributed by atoms with E-state index in [4.69, 9.17) is 13.3 Å². The maximum absolute atomic E-state index is 5.63. The summed E-state index contributed by atoms with van der Waals surface area (Å²) in [5, 5.41) is 0. The van der Waals surface area contributed by atoms with Gasteiger partial charge in [-0.15, -0.1) is 0 Å². The first-order valence-corrected chi connectivity index (χ1v) is 7.57. The molecule has 0 amide bonds. The summed E-state index contributed by atoms with van der Waals surface area (Å²) in [7, 11) is -2.77. The molecule has 16 heavy (non-hydrogen) atoms. The van der Waals surface area contributed by atoms with Crippen molar-refractivity contribution in [3.05, 3.63) is 0 Å². The van der Waals surface area contributed by atoms with Gasteiger partial charge in [0.15, 0.2) is 0 Å². The Kier molecular flexibility index (Phi) is 6.92. The van der Waals surface area contributed by atoms with Crippen LogP contribution in [-0.4, -0.2) is 28.6 Å². The molecule has 0 fully saturated rings. The van der Waals surface area contributed by atoms with Crippen LogP contribution in [-0.2, 0) is 13.3 Å². The van der Waals surface area contributed by atoms with Crippen molar-refractivity contribution in [3.8, 4) is 11.5 Å². The fourth-order valence-electron chi connectivity index (χ4n) is 1.07. The molecule has 0 radical (unpaired) electrons. The zero-order valence-corrected chi connectivity index (χ0v) is 12.3. The molecule has 0 saturated heterocycles. The van der Waals surface area contributed by atoms with Crippen LogP contribution in [0.2, 0.25) is 0 Å². The summed E-state index contributed by atoms with van der Waals surface area (Å²) < 4.78 is 16.9. The normalized spacial score (nSPS) is 12.1. The van der Waals surface area contributed by atoms with Gasteiger partial charge in [0.1, 0.15) is 0 Å². The number of rotatable bonds is 6. The molecule has 0 atom stereocenters. The summed E-state index contributed by atoms with van der Waals surface area (Å²) in [4.78, 5) is 0. The van der Waals surface area contributed by atoms with Gasteiger partial charge < -0.3 is 13.3 Å². The molecule has 0 saturated carbocycles. The van der Waals surface area contributed by atoms with Crippen LogP contribution < -0.4 is 0 Å². The van der Waals surface area contributed by atoms with E-state index >= 15 is 0 Å². The van der Waals surface area contributed by atoms with E-state index in [9.17, 15) is 0 Å². The van der Waals surface area contributed by atoms with Gasteiger partial charge in [0.05, 0.1) is 0 Å². The summed E-state index contributed by atoms with van der Waals surface area (Å²) in [5.74, 6) is 3.15. The van der Waals surface area contributed by atoms with Crippen molar-refractivity contribution in [2.24, 2.45) is 5.41 Å². The third-order valence-corrected chi connectivity index (χ3v) is 4.03. The maximum atomic E-state index is 5.63. The summed E-state index contributed by atoms with van der Waals surface area (Å²) >= 11 is 0. The second-order valence-corrected chi connectivity index (χ2v) is 6.58. The minimum absolute atomic E-state index is 0.0659. The smallest absolute Gasteiger partial charge is 0.364 e. The van der Waals surface area contributed by atoms with Gasteiger partial charge in [0, 0.05) is 25.2 Å².